The Morgan fingerprint density at radius 2 is 1.86 bits per heavy atom. The van der Waals surface area contributed by atoms with Gasteiger partial charge in [0.2, 0.25) is 5.88 Å². The number of carbonyl (C=O) groups excluding carboxylic acids is 1. The highest BCUT2D eigenvalue weighted by atomic mass is 32.2. The zero-order chi connectivity index (χ0) is 33.0. The number of hydrogen-bond donors (Lipinski definition) is 2. The van der Waals surface area contributed by atoms with Crippen LogP contribution in [0.4, 0.5) is 19.0 Å². The van der Waals surface area contributed by atoms with E-state index in [9.17, 15) is 23.1 Å². The Morgan fingerprint density at radius 3 is 2.41 bits per heavy atom. The molecule has 0 aromatic carbocycles. The number of aryl methyl sites for hydroxylation is 2. The average molecular weight is 629 g/mol. The SMILES string of the molecule is BC(B)(B)C1CN(c2nc(-n3ccc(OCC(C)(C)C(F)(F)F)n3)ccc2C(=O)NSc2cn(C)nc2C)C(C)(C)C1(B)O. The van der Waals surface area contributed by atoms with E-state index in [-0.39, 0.29) is 28.4 Å². The van der Waals surface area contributed by atoms with Gasteiger partial charge in [-0.1, -0.05) is 0 Å². The van der Waals surface area contributed by atoms with Gasteiger partial charge in [-0.25, -0.2) is 9.67 Å². The average Bonchev–Trinajstić information content (AvgIpc) is 3.54. The monoisotopic (exact) mass is 629 g/mol. The number of nitrogens with one attached hydrogen (secondary N) is 1. The van der Waals surface area contributed by atoms with Gasteiger partial charge >= 0.3 is 6.18 Å². The molecule has 18 heteroatoms. The predicted octanol–water partition coefficient (Wildman–Crippen LogP) is 0.223. The fourth-order valence-corrected chi connectivity index (χ4v) is 6.09. The Balaban J connectivity index is 1.72. The van der Waals surface area contributed by atoms with E-state index in [4.69, 9.17) is 9.72 Å². The summed E-state index contributed by atoms with van der Waals surface area (Å²) >= 11 is 1.15. The molecule has 1 amide bonds. The van der Waals surface area contributed by atoms with Crippen LogP contribution in [0.15, 0.2) is 35.5 Å². The van der Waals surface area contributed by atoms with E-state index in [0.29, 0.717) is 18.2 Å². The van der Waals surface area contributed by atoms with Gasteiger partial charge in [0.15, 0.2) is 5.82 Å². The van der Waals surface area contributed by atoms with Crippen LogP contribution in [0.5, 0.6) is 5.88 Å². The van der Waals surface area contributed by atoms with Crippen LogP contribution in [0.25, 0.3) is 5.82 Å². The molecule has 1 aliphatic heterocycles. The third kappa shape index (κ3) is 6.37. The number of rotatable bonds is 9. The minimum Gasteiger partial charge on any atom is -0.476 e. The second-order valence-corrected chi connectivity index (χ2v) is 14.7. The molecule has 1 saturated heterocycles. The number of anilines is 1. The molecule has 2 atom stereocenters. The molecule has 10 nitrogen and oxygen atoms in total. The number of ether oxygens (including phenoxy) is 1. The van der Waals surface area contributed by atoms with E-state index in [1.165, 1.54) is 16.9 Å². The van der Waals surface area contributed by atoms with Crippen molar-refractivity contribution in [2.75, 3.05) is 18.1 Å². The topological polar surface area (TPSA) is 110 Å². The van der Waals surface area contributed by atoms with Crippen LogP contribution in [0, 0.1) is 18.3 Å². The highest BCUT2D eigenvalue weighted by molar-refractivity contribution is 7.98. The number of nitrogens with zero attached hydrogens (tertiary/aromatic N) is 6. The van der Waals surface area contributed by atoms with Crippen LogP contribution in [-0.2, 0) is 7.05 Å². The molecule has 1 aliphatic rings. The summed E-state index contributed by atoms with van der Waals surface area (Å²) in [5, 5.41) is 20.2. The van der Waals surface area contributed by atoms with Crippen molar-refractivity contribution in [2.45, 2.75) is 61.8 Å². The zero-order valence-electron chi connectivity index (χ0n) is 26.9. The van der Waals surface area contributed by atoms with Crippen molar-refractivity contribution in [3.63, 3.8) is 0 Å². The Labute approximate surface area is 263 Å². The fourth-order valence-electron chi connectivity index (χ4n) is 5.39. The molecule has 0 bridgehead atoms. The van der Waals surface area contributed by atoms with Gasteiger partial charge in [-0.3, -0.25) is 14.2 Å². The third-order valence-electron chi connectivity index (χ3n) is 8.73. The molecule has 2 unspecified atom stereocenters. The number of aliphatic hydroxyl groups is 1. The maximum Gasteiger partial charge on any atom is 0.397 e. The van der Waals surface area contributed by atoms with E-state index in [1.54, 1.807) is 23.9 Å². The maximum atomic E-state index is 13.7. The normalized spacial score (nSPS) is 20.6. The number of alkyl halides is 3. The fraction of sp³-hybridized carbons (Fsp3) is 0.538. The van der Waals surface area contributed by atoms with E-state index >= 15 is 0 Å². The van der Waals surface area contributed by atoms with Crippen LogP contribution in [0.3, 0.4) is 0 Å². The Kier molecular flexibility index (Phi) is 8.79. The molecular weight excluding hydrogens is 591 g/mol. The second-order valence-electron chi connectivity index (χ2n) is 13.8. The smallest absolute Gasteiger partial charge is 0.397 e. The van der Waals surface area contributed by atoms with Gasteiger partial charge in [0.25, 0.3) is 5.91 Å². The molecule has 4 heterocycles. The van der Waals surface area contributed by atoms with Crippen LogP contribution >= 0.6 is 11.9 Å². The first-order chi connectivity index (χ1) is 20.1. The van der Waals surface area contributed by atoms with Gasteiger partial charge in [-0.15, -0.1) is 10.2 Å². The van der Waals surface area contributed by atoms with Crippen LogP contribution in [-0.4, -0.2) is 97.3 Å². The molecule has 0 spiro atoms. The lowest BCUT2D eigenvalue weighted by molar-refractivity contribution is -0.219. The third-order valence-corrected chi connectivity index (χ3v) is 9.64. The number of carbonyl (C=O) groups is 1. The maximum absolute atomic E-state index is 13.7. The first-order valence-corrected chi connectivity index (χ1v) is 15.1. The minimum absolute atomic E-state index is 0.00738. The highest BCUT2D eigenvalue weighted by Crippen LogP contribution is 2.49. The van der Waals surface area contributed by atoms with E-state index < -0.39 is 29.2 Å². The van der Waals surface area contributed by atoms with Crippen molar-refractivity contribution in [3.05, 3.63) is 41.9 Å². The Bertz CT molecular complexity index is 1540. The van der Waals surface area contributed by atoms with Crippen molar-refractivity contribution >= 4 is 55.1 Å². The van der Waals surface area contributed by atoms with Gasteiger partial charge in [-0.2, -0.15) is 18.3 Å². The first kappa shape index (κ1) is 33.9. The summed E-state index contributed by atoms with van der Waals surface area (Å²) < 4.78 is 51.3. The lowest BCUT2D eigenvalue weighted by Gasteiger charge is -2.44. The van der Waals surface area contributed by atoms with Crippen molar-refractivity contribution in [2.24, 2.45) is 18.4 Å². The molecule has 3 aromatic rings. The van der Waals surface area contributed by atoms with Gasteiger partial charge in [0.05, 0.1) is 56.1 Å². The number of hydrogen-bond acceptors (Lipinski definition) is 8. The van der Waals surface area contributed by atoms with Gasteiger partial charge in [0, 0.05) is 32.1 Å². The van der Waals surface area contributed by atoms with Gasteiger partial charge < -0.3 is 14.7 Å². The van der Waals surface area contributed by atoms with E-state index in [0.717, 1.165) is 36.4 Å². The van der Waals surface area contributed by atoms with Crippen LogP contribution < -0.4 is 14.4 Å². The highest BCUT2D eigenvalue weighted by Gasteiger charge is 2.59. The molecule has 0 radical (unpaired) electrons. The molecule has 3 aromatic heterocycles. The van der Waals surface area contributed by atoms with Crippen LogP contribution in [0.1, 0.15) is 43.7 Å². The van der Waals surface area contributed by atoms with Crippen molar-refractivity contribution in [1.82, 2.24) is 29.3 Å². The quantitative estimate of drug-likeness (QED) is 0.256. The summed E-state index contributed by atoms with van der Waals surface area (Å²) in [6.07, 6.45) is -1.10. The Morgan fingerprint density at radius 1 is 1.20 bits per heavy atom. The minimum atomic E-state index is -4.44. The second kappa shape index (κ2) is 11.4. The van der Waals surface area contributed by atoms with E-state index in [2.05, 4.69) is 38.5 Å². The molecule has 4 rings (SSSR count). The first-order valence-electron chi connectivity index (χ1n) is 14.3. The van der Waals surface area contributed by atoms with Gasteiger partial charge in [0.1, 0.15) is 20.3 Å². The molecule has 2 N–H and O–H groups in total. The van der Waals surface area contributed by atoms with Crippen molar-refractivity contribution in [3.8, 4) is 11.7 Å². The lowest BCUT2D eigenvalue weighted by Crippen LogP contribution is -2.58. The summed E-state index contributed by atoms with van der Waals surface area (Å²) in [7, 11) is 9.83. The number of amides is 1. The van der Waals surface area contributed by atoms with Crippen molar-refractivity contribution in [1.29, 1.82) is 0 Å². The number of aromatic nitrogens is 5. The summed E-state index contributed by atoms with van der Waals surface area (Å²) in [4.78, 5) is 21.3. The molecule has 234 valence electrons. The summed E-state index contributed by atoms with van der Waals surface area (Å²) in [5.74, 6) is 0.123. The molecule has 0 aliphatic carbocycles. The summed E-state index contributed by atoms with van der Waals surface area (Å²) in [6, 6.07) is 4.70. The Hall–Kier alpha value is -3.00. The largest absolute Gasteiger partial charge is 0.476 e. The van der Waals surface area contributed by atoms with Gasteiger partial charge in [-0.05, 0) is 64.6 Å². The lowest BCUT2D eigenvalue weighted by atomic mass is 9.34. The molecular formula is C26H38B4F3N7O3S. The predicted molar refractivity (Wildman–Crippen MR) is 175 cm³/mol. The standard InChI is InChI=1S/C26H38B4F3N7O3S/c1-14-16(11-38(6)35-14)44-37-21(41)15-7-8-18(40-10-9-19(36-40)43-13-22(2,3)26(31,32)33)34-20(15)39-12-17(25(28,29)30)24(27,42)23(39,4)5/h7-11,17,42H,12-13,27-30H2,1-6H3,(H,37,41). The van der Waals surface area contributed by atoms with Crippen LogP contribution in [0.2, 0.25) is 5.11 Å². The molecule has 44 heavy (non-hydrogen) atoms. The number of halogens is 3. The van der Waals surface area contributed by atoms with Crippen molar-refractivity contribution < 1.29 is 27.8 Å². The zero-order valence-corrected chi connectivity index (χ0v) is 27.7. The molecule has 1 fully saturated rings. The summed E-state index contributed by atoms with van der Waals surface area (Å²) in [5.41, 5.74) is -2.98. The molecule has 0 saturated carbocycles. The summed E-state index contributed by atoms with van der Waals surface area (Å²) in [6.45, 7) is 7.64. The van der Waals surface area contributed by atoms with E-state index in [1.807, 2.05) is 39.7 Å². The number of pyridine rings is 1.